The molecule has 1 aliphatic rings. The summed E-state index contributed by atoms with van der Waals surface area (Å²) in [6.45, 7) is 7.12. The van der Waals surface area contributed by atoms with Crippen molar-refractivity contribution in [2.75, 3.05) is 19.8 Å². The van der Waals surface area contributed by atoms with Gasteiger partial charge in [-0.3, -0.25) is 0 Å². The first-order valence-corrected chi connectivity index (χ1v) is 7.75. The van der Waals surface area contributed by atoms with Crippen LogP contribution in [0.4, 0.5) is 0 Å². The van der Waals surface area contributed by atoms with Crippen LogP contribution >= 0.6 is 0 Å². The monoisotopic (exact) mass is 261 g/mol. The summed E-state index contributed by atoms with van der Waals surface area (Å²) in [5, 5.41) is 3.47. The number of aryl methyl sites for hydroxylation is 2. The molecule has 2 nitrogen and oxygen atoms in total. The summed E-state index contributed by atoms with van der Waals surface area (Å²) in [5.74, 6) is 0. The van der Waals surface area contributed by atoms with Crippen LogP contribution in [0.1, 0.15) is 43.4 Å². The highest BCUT2D eigenvalue weighted by molar-refractivity contribution is 5.32. The van der Waals surface area contributed by atoms with Gasteiger partial charge in [-0.15, -0.1) is 0 Å². The molecule has 106 valence electrons. The molecular formula is C17H27NO. The van der Waals surface area contributed by atoms with Crippen LogP contribution in [-0.4, -0.2) is 25.8 Å². The van der Waals surface area contributed by atoms with E-state index in [9.17, 15) is 0 Å². The lowest BCUT2D eigenvalue weighted by Crippen LogP contribution is -2.22. The Balaban J connectivity index is 1.70. The van der Waals surface area contributed by atoms with Crippen molar-refractivity contribution >= 4 is 0 Å². The molecule has 1 aliphatic carbocycles. The van der Waals surface area contributed by atoms with Crippen molar-refractivity contribution in [2.45, 2.75) is 52.0 Å². The first kappa shape index (κ1) is 14.5. The van der Waals surface area contributed by atoms with Gasteiger partial charge in [-0.1, -0.05) is 32.0 Å². The molecule has 0 aliphatic heterocycles. The number of nitrogens with one attached hydrogen (secondary N) is 1. The minimum absolute atomic E-state index is 0.788. The summed E-state index contributed by atoms with van der Waals surface area (Å²) in [5.41, 5.74) is 4.37. The Morgan fingerprint density at radius 3 is 2.63 bits per heavy atom. The zero-order valence-electron chi connectivity index (χ0n) is 12.4. The fraction of sp³-hybridized carbons (Fsp3) is 0.647. The lowest BCUT2D eigenvalue weighted by atomic mass is 9.99. The molecule has 0 unspecified atom stereocenters. The molecule has 1 aromatic rings. The van der Waals surface area contributed by atoms with Crippen LogP contribution < -0.4 is 5.32 Å². The lowest BCUT2D eigenvalue weighted by Gasteiger charge is -2.11. The molecule has 0 heterocycles. The molecule has 0 amide bonds. The summed E-state index contributed by atoms with van der Waals surface area (Å²) in [6.07, 6.45) is 5.97. The number of hydrogen-bond acceptors (Lipinski definition) is 2. The van der Waals surface area contributed by atoms with E-state index in [1.165, 1.54) is 29.5 Å². The van der Waals surface area contributed by atoms with Gasteiger partial charge in [0.1, 0.15) is 0 Å². The summed E-state index contributed by atoms with van der Waals surface area (Å²) in [6, 6.07) is 7.67. The Morgan fingerprint density at radius 1 is 1.11 bits per heavy atom. The van der Waals surface area contributed by atoms with E-state index in [-0.39, 0.29) is 0 Å². The van der Waals surface area contributed by atoms with Crippen molar-refractivity contribution < 1.29 is 4.74 Å². The second-order valence-corrected chi connectivity index (χ2v) is 5.40. The van der Waals surface area contributed by atoms with Gasteiger partial charge in [-0.25, -0.2) is 0 Å². The van der Waals surface area contributed by atoms with E-state index in [2.05, 4.69) is 37.4 Å². The number of ether oxygens (including phenoxy) is 1. The van der Waals surface area contributed by atoms with Crippen molar-refractivity contribution in [3.05, 3.63) is 34.9 Å². The third-order valence-corrected chi connectivity index (χ3v) is 3.83. The highest BCUT2D eigenvalue weighted by atomic mass is 16.5. The summed E-state index contributed by atoms with van der Waals surface area (Å²) < 4.78 is 5.73. The summed E-state index contributed by atoms with van der Waals surface area (Å²) in [7, 11) is 0. The number of benzene rings is 1. The van der Waals surface area contributed by atoms with Crippen LogP contribution in [-0.2, 0) is 24.0 Å². The Labute approximate surface area is 117 Å². The van der Waals surface area contributed by atoms with Crippen molar-refractivity contribution in [3.8, 4) is 0 Å². The van der Waals surface area contributed by atoms with E-state index in [4.69, 9.17) is 4.74 Å². The van der Waals surface area contributed by atoms with Gasteiger partial charge in [0.25, 0.3) is 0 Å². The molecule has 1 aromatic carbocycles. The molecule has 1 fully saturated rings. The zero-order chi connectivity index (χ0) is 13.5. The van der Waals surface area contributed by atoms with Crippen LogP contribution in [0.15, 0.2) is 18.2 Å². The minimum Gasteiger partial charge on any atom is -0.380 e. The van der Waals surface area contributed by atoms with Crippen molar-refractivity contribution in [3.63, 3.8) is 0 Å². The maximum absolute atomic E-state index is 5.73. The predicted octanol–water partition coefficient (Wildman–Crippen LogP) is 3.12. The van der Waals surface area contributed by atoms with Crippen LogP contribution in [0.2, 0.25) is 0 Å². The topological polar surface area (TPSA) is 21.3 Å². The third-order valence-electron chi connectivity index (χ3n) is 3.83. The molecule has 0 saturated heterocycles. The molecular weight excluding hydrogens is 234 g/mol. The van der Waals surface area contributed by atoms with Gasteiger partial charge >= 0.3 is 0 Å². The van der Waals surface area contributed by atoms with Gasteiger partial charge in [-0.2, -0.15) is 0 Å². The smallest absolute Gasteiger partial charge is 0.0591 e. The highest BCUT2D eigenvalue weighted by Crippen LogP contribution is 2.18. The van der Waals surface area contributed by atoms with E-state index in [1.807, 2.05) is 0 Å². The lowest BCUT2D eigenvalue weighted by molar-refractivity contribution is 0.138. The largest absolute Gasteiger partial charge is 0.380 e. The molecule has 0 aromatic heterocycles. The molecule has 19 heavy (non-hydrogen) atoms. The summed E-state index contributed by atoms with van der Waals surface area (Å²) >= 11 is 0. The maximum Gasteiger partial charge on any atom is 0.0591 e. The van der Waals surface area contributed by atoms with Crippen LogP contribution in [0.3, 0.4) is 0 Å². The Hall–Kier alpha value is -0.860. The third kappa shape index (κ3) is 4.96. The molecule has 2 rings (SSSR count). The first-order valence-electron chi connectivity index (χ1n) is 7.75. The average molecular weight is 261 g/mol. The fourth-order valence-corrected chi connectivity index (χ4v) is 2.38. The van der Waals surface area contributed by atoms with E-state index < -0.39 is 0 Å². The number of hydrogen-bond donors (Lipinski definition) is 1. The molecule has 1 saturated carbocycles. The first-order chi connectivity index (χ1) is 9.33. The highest BCUT2D eigenvalue weighted by Gasteiger charge is 2.19. The molecule has 0 bridgehead atoms. The maximum atomic E-state index is 5.73. The minimum atomic E-state index is 0.788. The van der Waals surface area contributed by atoms with Gasteiger partial charge in [0.2, 0.25) is 0 Å². The average Bonchev–Trinajstić information content (AvgIpc) is 3.26. The Kier molecular flexibility index (Phi) is 5.87. The normalized spacial score (nSPS) is 14.8. The van der Waals surface area contributed by atoms with Crippen molar-refractivity contribution in [2.24, 2.45) is 0 Å². The number of rotatable bonds is 9. The molecule has 1 N–H and O–H groups in total. The Bertz CT molecular complexity index is 385. The Morgan fingerprint density at radius 2 is 1.95 bits per heavy atom. The van der Waals surface area contributed by atoms with Crippen LogP contribution in [0, 0.1) is 0 Å². The van der Waals surface area contributed by atoms with Gasteiger partial charge in [0.05, 0.1) is 13.2 Å². The molecule has 0 radical (unpaired) electrons. The van der Waals surface area contributed by atoms with Crippen LogP contribution in [0.25, 0.3) is 0 Å². The molecule has 0 atom stereocenters. The van der Waals surface area contributed by atoms with E-state index in [1.54, 1.807) is 0 Å². The second kappa shape index (κ2) is 7.66. The van der Waals surface area contributed by atoms with Gasteiger partial charge in [-0.05, 0) is 48.8 Å². The van der Waals surface area contributed by atoms with Gasteiger partial charge in [0.15, 0.2) is 0 Å². The fourth-order valence-electron chi connectivity index (χ4n) is 2.38. The predicted molar refractivity (Wildman–Crippen MR) is 80.7 cm³/mol. The van der Waals surface area contributed by atoms with E-state index in [0.717, 1.165) is 45.1 Å². The van der Waals surface area contributed by atoms with E-state index >= 15 is 0 Å². The van der Waals surface area contributed by atoms with Crippen LogP contribution in [0.5, 0.6) is 0 Å². The van der Waals surface area contributed by atoms with Crippen molar-refractivity contribution in [1.82, 2.24) is 5.32 Å². The summed E-state index contributed by atoms with van der Waals surface area (Å²) in [4.78, 5) is 0. The van der Waals surface area contributed by atoms with Crippen molar-refractivity contribution in [1.29, 1.82) is 0 Å². The quantitative estimate of drug-likeness (QED) is 0.690. The van der Waals surface area contributed by atoms with Gasteiger partial charge in [0, 0.05) is 12.6 Å². The zero-order valence-corrected chi connectivity index (χ0v) is 12.4. The van der Waals surface area contributed by atoms with E-state index in [0.29, 0.717) is 0 Å². The standard InChI is InChI=1S/C17H27NO/c1-3-14-5-6-15(4-2)16(13-14)9-11-19-12-10-18-17-7-8-17/h5-6,13,17-18H,3-4,7-12H2,1-2H3. The SMILES string of the molecule is CCc1ccc(CC)c(CCOCCNC2CC2)c1. The molecule has 0 spiro atoms. The molecule has 2 heteroatoms. The van der Waals surface area contributed by atoms with Gasteiger partial charge < -0.3 is 10.1 Å². The second-order valence-electron chi connectivity index (χ2n) is 5.40.